The lowest BCUT2D eigenvalue weighted by molar-refractivity contribution is -0.113. The Morgan fingerprint density at radius 2 is 1.76 bits per heavy atom. The number of nitrogens with one attached hydrogen (secondary N) is 1. The molecule has 3 aliphatic heterocycles. The van der Waals surface area contributed by atoms with Crippen molar-refractivity contribution < 1.29 is 23.1 Å². The second-order valence-electron chi connectivity index (χ2n) is 10.2. The van der Waals surface area contributed by atoms with E-state index in [-0.39, 0.29) is 22.7 Å². The van der Waals surface area contributed by atoms with E-state index in [0.29, 0.717) is 19.1 Å². The van der Waals surface area contributed by atoms with E-state index in [1.807, 2.05) is 20.8 Å². The summed E-state index contributed by atoms with van der Waals surface area (Å²) in [4.78, 5) is 29.9. The predicted octanol–water partition coefficient (Wildman–Crippen LogP) is 3.93. The lowest BCUT2D eigenvalue weighted by Crippen LogP contribution is -2.60. The number of nitrogens with zero attached hydrogens (tertiary/aromatic N) is 3. The van der Waals surface area contributed by atoms with Crippen molar-refractivity contribution in [3.8, 4) is 0 Å². The number of hydrogen-bond acceptors (Lipinski definition) is 5. The fourth-order valence-corrected chi connectivity index (χ4v) is 4.74. The van der Waals surface area contributed by atoms with Crippen molar-refractivity contribution in [2.45, 2.75) is 57.2 Å². The van der Waals surface area contributed by atoms with Gasteiger partial charge in [-0.3, -0.25) is 9.69 Å². The van der Waals surface area contributed by atoms with Crippen LogP contribution in [0, 0.1) is 0 Å². The molecular weight excluding hydrogens is 454 g/mol. The van der Waals surface area contributed by atoms with Gasteiger partial charge in [0, 0.05) is 37.9 Å². The standard InChI is InChI=1S/C23H31ClF2N4O3/c1-22(2,3)33-21(32)28-8-6-17(7-9-28)29-11-16(12-29)27-15-4-5-18(19(24)10-15)20(31)30-13-23(25,26)14-30/h4-5,10,16-17,27H,6-9,11-14H2,1-3H3. The molecule has 0 saturated carbocycles. The summed E-state index contributed by atoms with van der Waals surface area (Å²) in [6.45, 7) is 7.67. The van der Waals surface area contributed by atoms with E-state index in [4.69, 9.17) is 16.3 Å². The number of amides is 2. The van der Waals surface area contributed by atoms with Crippen molar-refractivity contribution in [1.82, 2.24) is 14.7 Å². The molecule has 0 atom stereocenters. The molecule has 182 valence electrons. The summed E-state index contributed by atoms with van der Waals surface area (Å²) in [6, 6.07) is 5.74. The maximum absolute atomic E-state index is 13.0. The van der Waals surface area contributed by atoms with Crippen LogP contribution in [-0.4, -0.2) is 89.6 Å². The van der Waals surface area contributed by atoms with Crippen LogP contribution in [0.4, 0.5) is 19.3 Å². The number of likely N-dealkylation sites (tertiary alicyclic amines) is 3. The first-order valence-electron chi connectivity index (χ1n) is 11.4. The maximum atomic E-state index is 13.0. The number of benzene rings is 1. The number of halogens is 3. The normalized spacial score (nSPS) is 21.9. The van der Waals surface area contributed by atoms with E-state index < -0.39 is 30.5 Å². The monoisotopic (exact) mass is 484 g/mol. The lowest BCUT2D eigenvalue weighted by Gasteiger charge is -2.47. The van der Waals surface area contributed by atoms with Gasteiger partial charge in [-0.1, -0.05) is 11.6 Å². The molecule has 0 spiro atoms. The minimum absolute atomic E-state index is 0.240. The molecule has 4 rings (SSSR count). The van der Waals surface area contributed by atoms with Gasteiger partial charge in [0.1, 0.15) is 5.60 Å². The van der Waals surface area contributed by atoms with Crippen LogP contribution in [0.5, 0.6) is 0 Å². The summed E-state index contributed by atoms with van der Waals surface area (Å²) < 4.78 is 31.5. The number of carbonyl (C=O) groups is 2. The van der Waals surface area contributed by atoms with Crippen LogP contribution in [0.3, 0.4) is 0 Å². The molecule has 0 bridgehead atoms. The van der Waals surface area contributed by atoms with E-state index in [0.717, 1.165) is 36.5 Å². The Kier molecular flexibility index (Phi) is 6.48. The minimum atomic E-state index is -2.80. The first kappa shape index (κ1) is 24.0. The fourth-order valence-electron chi connectivity index (χ4n) is 4.48. The smallest absolute Gasteiger partial charge is 0.410 e. The van der Waals surface area contributed by atoms with E-state index in [1.165, 1.54) is 0 Å². The highest BCUT2D eigenvalue weighted by Gasteiger charge is 2.46. The van der Waals surface area contributed by atoms with Gasteiger partial charge in [0.15, 0.2) is 0 Å². The number of ether oxygens (including phenoxy) is 1. The van der Waals surface area contributed by atoms with Crippen LogP contribution in [0.15, 0.2) is 18.2 Å². The van der Waals surface area contributed by atoms with Gasteiger partial charge in [0.2, 0.25) is 0 Å². The average Bonchev–Trinajstić information content (AvgIpc) is 2.67. The molecule has 1 aromatic rings. The summed E-state index contributed by atoms with van der Waals surface area (Å²) in [5, 5.41) is 3.68. The van der Waals surface area contributed by atoms with E-state index in [9.17, 15) is 18.4 Å². The number of hydrogen-bond donors (Lipinski definition) is 1. The van der Waals surface area contributed by atoms with Crippen molar-refractivity contribution >= 4 is 29.3 Å². The number of piperidine rings is 1. The van der Waals surface area contributed by atoms with E-state index in [2.05, 4.69) is 10.2 Å². The second-order valence-corrected chi connectivity index (χ2v) is 10.6. The molecule has 0 radical (unpaired) electrons. The van der Waals surface area contributed by atoms with Crippen molar-refractivity contribution in [2.24, 2.45) is 0 Å². The van der Waals surface area contributed by atoms with E-state index >= 15 is 0 Å². The van der Waals surface area contributed by atoms with Gasteiger partial charge in [0.05, 0.1) is 29.7 Å². The molecule has 3 aliphatic rings. The minimum Gasteiger partial charge on any atom is -0.444 e. The number of alkyl halides is 2. The van der Waals surface area contributed by atoms with Crippen molar-refractivity contribution in [2.75, 3.05) is 44.6 Å². The maximum Gasteiger partial charge on any atom is 0.410 e. The molecular formula is C23H31ClF2N4O3. The molecule has 0 unspecified atom stereocenters. The van der Waals surface area contributed by atoms with Crippen LogP contribution in [0.2, 0.25) is 5.02 Å². The van der Waals surface area contributed by atoms with E-state index in [1.54, 1.807) is 23.1 Å². The quantitative estimate of drug-likeness (QED) is 0.701. The van der Waals surface area contributed by atoms with Gasteiger partial charge in [-0.15, -0.1) is 0 Å². The SMILES string of the molecule is CC(C)(C)OC(=O)N1CCC(N2CC(Nc3ccc(C(=O)N4CC(F)(F)C4)c(Cl)c3)C2)CC1. The van der Waals surface area contributed by atoms with Gasteiger partial charge in [-0.25, -0.2) is 13.6 Å². The van der Waals surface area contributed by atoms with Crippen molar-refractivity contribution in [3.63, 3.8) is 0 Å². The number of anilines is 1. The lowest BCUT2D eigenvalue weighted by atomic mass is 9.97. The first-order valence-corrected chi connectivity index (χ1v) is 11.7. The molecule has 0 aromatic heterocycles. The predicted molar refractivity (Wildman–Crippen MR) is 122 cm³/mol. The molecule has 3 fully saturated rings. The molecule has 7 nitrogen and oxygen atoms in total. The second kappa shape index (κ2) is 8.91. The van der Waals surface area contributed by atoms with Gasteiger partial charge < -0.3 is 19.9 Å². The zero-order valence-corrected chi connectivity index (χ0v) is 20.0. The van der Waals surface area contributed by atoms with Gasteiger partial charge in [-0.05, 0) is 51.8 Å². The molecule has 3 heterocycles. The third-order valence-electron chi connectivity index (χ3n) is 6.24. The Morgan fingerprint density at radius 3 is 2.30 bits per heavy atom. The summed E-state index contributed by atoms with van der Waals surface area (Å²) in [5.41, 5.74) is 0.557. The average molecular weight is 485 g/mol. The number of rotatable bonds is 4. The van der Waals surface area contributed by atoms with Gasteiger partial charge in [-0.2, -0.15) is 0 Å². The first-order chi connectivity index (χ1) is 15.4. The Balaban J connectivity index is 1.21. The molecule has 1 N–H and O–H groups in total. The molecule has 0 aliphatic carbocycles. The highest BCUT2D eigenvalue weighted by molar-refractivity contribution is 6.34. The fraction of sp³-hybridized carbons (Fsp3) is 0.652. The third kappa shape index (κ3) is 5.69. The molecule has 3 saturated heterocycles. The van der Waals surface area contributed by atoms with Crippen molar-refractivity contribution in [3.05, 3.63) is 28.8 Å². The summed E-state index contributed by atoms with van der Waals surface area (Å²) in [5.74, 6) is -3.27. The Labute approximate surface area is 198 Å². The third-order valence-corrected chi connectivity index (χ3v) is 6.56. The summed E-state index contributed by atoms with van der Waals surface area (Å²) in [6.07, 6.45) is 1.60. The zero-order chi connectivity index (χ0) is 24.0. The molecule has 33 heavy (non-hydrogen) atoms. The zero-order valence-electron chi connectivity index (χ0n) is 19.2. The van der Waals surface area contributed by atoms with Crippen LogP contribution in [-0.2, 0) is 4.74 Å². The Bertz CT molecular complexity index is 901. The van der Waals surface area contributed by atoms with Crippen LogP contribution >= 0.6 is 11.6 Å². The number of carbonyl (C=O) groups excluding carboxylic acids is 2. The molecule has 2 amide bonds. The Morgan fingerprint density at radius 1 is 1.12 bits per heavy atom. The van der Waals surface area contributed by atoms with Crippen LogP contribution in [0.1, 0.15) is 44.0 Å². The molecule has 10 heteroatoms. The van der Waals surface area contributed by atoms with Crippen molar-refractivity contribution in [1.29, 1.82) is 0 Å². The highest BCUT2D eigenvalue weighted by Crippen LogP contribution is 2.31. The van der Waals surface area contributed by atoms with Gasteiger partial charge in [0.25, 0.3) is 11.8 Å². The summed E-state index contributed by atoms with van der Waals surface area (Å²) in [7, 11) is 0. The summed E-state index contributed by atoms with van der Waals surface area (Å²) >= 11 is 6.27. The Hall–Kier alpha value is -2.13. The highest BCUT2D eigenvalue weighted by atomic mass is 35.5. The molecule has 1 aromatic carbocycles. The van der Waals surface area contributed by atoms with Crippen LogP contribution < -0.4 is 5.32 Å². The van der Waals surface area contributed by atoms with Gasteiger partial charge >= 0.3 is 6.09 Å². The largest absolute Gasteiger partial charge is 0.444 e. The van der Waals surface area contributed by atoms with Crippen LogP contribution in [0.25, 0.3) is 0 Å². The topological polar surface area (TPSA) is 65.1 Å².